The van der Waals surface area contributed by atoms with Crippen molar-refractivity contribution in [3.05, 3.63) is 132 Å². The smallest absolute Gasteiger partial charge is 0.0565 e. The number of hydrogen-bond donors (Lipinski definition) is 0. The van der Waals surface area contributed by atoms with Crippen molar-refractivity contribution < 1.29 is 0 Å². The summed E-state index contributed by atoms with van der Waals surface area (Å²) in [5.74, 6) is 0.602. The zero-order valence-corrected chi connectivity index (χ0v) is 22.1. The van der Waals surface area contributed by atoms with Crippen LogP contribution in [0.3, 0.4) is 0 Å². The van der Waals surface area contributed by atoms with Gasteiger partial charge in [-0.25, -0.2) is 0 Å². The van der Waals surface area contributed by atoms with Crippen molar-refractivity contribution in [2.45, 2.75) is 26.2 Å². The molecule has 1 heterocycles. The van der Waals surface area contributed by atoms with Crippen LogP contribution in [0.25, 0.3) is 33.5 Å². The van der Waals surface area contributed by atoms with E-state index in [1.165, 1.54) is 61.1 Å². The number of fused-ring (bicyclic) bond motifs is 5. The SMILES string of the molecule is CC1C=Cc2c(ccc3c2c2cccc(C4=CC=C(N(c5ccccc5)c5ccccc5)CC4)c2n3C)C1. The quantitative estimate of drug-likeness (QED) is 0.242. The van der Waals surface area contributed by atoms with Crippen LogP contribution in [0.5, 0.6) is 0 Å². The molecule has 2 aliphatic carbocycles. The molecular formula is C36H32N2. The zero-order valence-electron chi connectivity index (χ0n) is 22.1. The third-order valence-electron chi connectivity index (χ3n) is 8.24. The van der Waals surface area contributed by atoms with E-state index in [1.807, 2.05) is 0 Å². The number of aromatic nitrogens is 1. The lowest BCUT2D eigenvalue weighted by molar-refractivity contribution is 0.718. The second kappa shape index (κ2) is 9.22. The Bertz CT molecular complexity index is 1710. The molecule has 4 aromatic carbocycles. The summed E-state index contributed by atoms with van der Waals surface area (Å²) in [7, 11) is 2.23. The maximum Gasteiger partial charge on any atom is 0.0565 e. The second-order valence-electron chi connectivity index (χ2n) is 10.7. The highest BCUT2D eigenvalue weighted by Crippen LogP contribution is 2.41. The van der Waals surface area contributed by atoms with Crippen LogP contribution in [0.2, 0.25) is 0 Å². The summed E-state index contributed by atoms with van der Waals surface area (Å²) in [5.41, 5.74) is 12.0. The van der Waals surface area contributed by atoms with Crippen molar-refractivity contribution in [2.75, 3.05) is 4.90 Å². The summed E-state index contributed by atoms with van der Waals surface area (Å²) < 4.78 is 2.41. The molecule has 0 radical (unpaired) electrons. The molecule has 1 atom stereocenters. The predicted molar refractivity (Wildman–Crippen MR) is 163 cm³/mol. The molecule has 0 spiro atoms. The number of benzene rings is 4. The minimum Gasteiger partial charge on any atom is -0.343 e. The van der Waals surface area contributed by atoms with E-state index in [0.29, 0.717) is 5.92 Å². The lowest BCUT2D eigenvalue weighted by Gasteiger charge is -2.30. The summed E-state index contributed by atoms with van der Waals surface area (Å²) in [6, 6.07) is 32.9. The Morgan fingerprint density at radius 3 is 2.18 bits per heavy atom. The van der Waals surface area contributed by atoms with Crippen LogP contribution in [0.4, 0.5) is 11.4 Å². The van der Waals surface area contributed by atoms with Crippen LogP contribution in [0.1, 0.15) is 36.5 Å². The van der Waals surface area contributed by atoms with Gasteiger partial charge in [-0.05, 0) is 78.3 Å². The maximum absolute atomic E-state index is 2.41. The molecule has 0 bridgehead atoms. The topological polar surface area (TPSA) is 8.17 Å². The molecule has 2 heteroatoms. The van der Waals surface area contributed by atoms with Gasteiger partial charge in [0.05, 0.1) is 5.52 Å². The highest BCUT2D eigenvalue weighted by Gasteiger charge is 2.22. The Morgan fingerprint density at radius 2 is 1.50 bits per heavy atom. The minimum absolute atomic E-state index is 0.602. The average molecular weight is 493 g/mol. The van der Waals surface area contributed by atoms with Crippen LogP contribution < -0.4 is 4.90 Å². The van der Waals surface area contributed by atoms with Crippen molar-refractivity contribution >= 4 is 44.8 Å². The van der Waals surface area contributed by atoms with Gasteiger partial charge in [0.2, 0.25) is 0 Å². The highest BCUT2D eigenvalue weighted by molar-refractivity contribution is 6.14. The Labute approximate surface area is 224 Å². The molecule has 0 N–H and O–H groups in total. The molecule has 1 unspecified atom stereocenters. The first kappa shape index (κ1) is 22.9. The van der Waals surface area contributed by atoms with Gasteiger partial charge in [-0.2, -0.15) is 0 Å². The van der Waals surface area contributed by atoms with E-state index in [0.717, 1.165) is 19.3 Å². The van der Waals surface area contributed by atoms with Crippen LogP contribution in [0.15, 0.2) is 115 Å². The fourth-order valence-corrected chi connectivity index (χ4v) is 6.42. The van der Waals surface area contributed by atoms with Gasteiger partial charge < -0.3 is 9.47 Å². The van der Waals surface area contributed by atoms with Crippen LogP contribution in [-0.4, -0.2) is 4.57 Å². The van der Waals surface area contributed by atoms with Gasteiger partial charge in [-0.15, -0.1) is 0 Å². The fourth-order valence-electron chi connectivity index (χ4n) is 6.42. The molecule has 0 amide bonds. The Morgan fingerprint density at radius 1 is 0.763 bits per heavy atom. The minimum atomic E-state index is 0.602. The molecule has 38 heavy (non-hydrogen) atoms. The third kappa shape index (κ3) is 3.71. The van der Waals surface area contributed by atoms with Gasteiger partial charge in [-0.3, -0.25) is 0 Å². The molecule has 2 aliphatic rings. The molecule has 0 aliphatic heterocycles. The van der Waals surface area contributed by atoms with Crippen molar-refractivity contribution in [1.29, 1.82) is 0 Å². The monoisotopic (exact) mass is 492 g/mol. The zero-order chi connectivity index (χ0) is 25.6. The van der Waals surface area contributed by atoms with Crippen molar-refractivity contribution in [1.82, 2.24) is 4.57 Å². The number of rotatable bonds is 4. The Hall–Kier alpha value is -4.30. The van der Waals surface area contributed by atoms with Crippen LogP contribution in [0, 0.1) is 5.92 Å². The van der Waals surface area contributed by atoms with Gasteiger partial charge >= 0.3 is 0 Å². The second-order valence-corrected chi connectivity index (χ2v) is 10.7. The predicted octanol–water partition coefficient (Wildman–Crippen LogP) is 9.44. The number of anilines is 2. The highest BCUT2D eigenvalue weighted by atomic mass is 15.1. The Balaban J connectivity index is 1.35. The largest absolute Gasteiger partial charge is 0.343 e. The summed E-state index contributed by atoms with van der Waals surface area (Å²) in [6.45, 7) is 2.30. The van der Waals surface area contributed by atoms with E-state index in [2.05, 4.69) is 139 Å². The molecular weight excluding hydrogens is 460 g/mol. The number of para-hydroxylation sites is 3. The van der Waals surface area contributed by atoms with Gasteiger partial charge in [0.15, 0.2) is 0 Å². The van der Waals surface area contributed by atoms with E-state index < -0.39 is 0 Å². The molecule has 5 aromatic rings. The Kier molecular flexibility index (Phi) is 5.55. The van der Waals surface area contributed by atoms with Crippen molar-refractivity contribution in [2.24, 2.45) is 13.0 Å². The van der Waals surface area contributed by atoms with Crippen molar-refractivity contribution in [3.63, 3.8) is 0 Å². The van der Waals surface area contributed by atoms with Crippen LogP contribution >= 0.6 is 0 Å². The van der Waals surface area contributed by atoms with Crippen LogP contribution in [-0.2, 0) is 13.5 Å². The van der Waals surface area contributed by atoms with Gasteiger partial charge in [0, 0.05) is 46.0 Å². The van der Waals surface area contributed by atoms with Crippen molar-refractivity contribution in [3.8, 4) is 0 Å². The van der Waals surface area contributed by atoms with E-state index in [-0.39, 0.29) is 0 Å². The number of allylic oxidation sites excluding steroid dienone is 5. The summed E-state index contributed by atoms with van der Waals surface area (Å²) >= 11 is 0. The van der Waals surface area contributed by atoms with E-state index in [1.54, 1.807) is 0 Å². The molecule has 0 fully saturated rings. The fraction of sp³-hybridized carbons (Fsp3) is 0.167. The molecule has 0 saturated heterocycles. The van der Waals surface area contributed by atoms with Gasteiger partial charge in [0.25, 0.3) is 0 Å². The number of aryl methyl sites for hydroxylation is 1. The van der Waals surface area contributed by atoms with E-state index in [4.69, 9.17) is 0 Å². The molecule has 1 aromatic heterocycles. The summed E-state index contributed by atoms with van der Waals surface area (Å²) in [4.78, 5) is 2.39. The molecule has 186 valence electrons. The van der Waals surface area contributed by atoms with Gasteiger partial charge in [-0.1, -0.05) is 85.8 Å². The van der Waals surface area contributed by atoms with E-state index in [9.17, 15) is 0 Å². The standard InChI is InChI=1S/C36H32N2/c1-25-16-22-31-27(24-25)19-23-34-35(31)33-15-9-14-32(36(33)37(34)2)26-17-20-30(21-18-26)38(28-10-5-3-6-11-28)29-12-7-4-8-13-29/h3-17,19-20,22-23,25H,18,21,24H2,1-2H3. The molecule has 2 nitrogen and oxygen atoms in total. The average Bonchev–Trinajstić information content (AvgIpc) is 3.27. The molecule has 0 saturated carbocycles. The summed E-state index contributed by atoms with van der Waals surface area (Å²) in [5, 5.41) is 2.76. The van der Waals surface area contributed by atoms with Gasteiger partial charge in [0.1, 0.15) is 0 Å². The lowest BCUT2D eigenvalue weighted by atomic mass is 9.88. The maximum atomic E-state index is 2.41. The molecule has 7 rings (SSSR count). The number of nitrogens with zero attached hydrogens (tertiary/aromatic N) is 2. The van der Waals surface area contributed by atoms with E-state index >= 15 is 0 Å². The summed E-state index contributed by atoms with van der Waals surface area (Å²) in [6.07, 6.45) is 12.5. The first-order chi connectivity index (χ1) is 18.7. The third-order valence-corrected chi connectivity index (χ3v) is 8.24. The number of hydrogen-bond acceptors (Lipinski definition) is 1. The normalized spacial score (nSPS) is 16.8. The first-order valence-electron chi connectivity index (χ1n) is 13.7. The first-order valence-corrected chi connectivity index (χ1v) is 13.7. The lowest BCUT2D eigenvalue weighted by Crippen LogP contribution is -2.17.